The van der Waals surface area contributed by atoms with E-state index in [1.165, 1.54) is 17.4 Å². The third-order valence-corrected chi connectivity index (χ3v) is 5.86. The monoisotopic (exact) mass is 431 g/mol. The van der Waals surface area contributed by atoms with E-state index in [1.54, 1.807) is 44.7 Å². The Bertz CT molecular complexity index is 1400. The first kappa shape index (κ1) is 19.3. The van der Waals surface area contributed by atoms with E-state index in [9.17, 15) is 4.39 Å². The van der Waals surface area contributed by atoms with Gasteiger partial charge in [0.1, 0.15) is 10.8 Å². The Morgan fingerprint density at radius 2 is 1.74 bits per heavy atom. The number of aromatic nitrogens is 2. The predicted molar refractivity (Wildman–Crippen MR) is 119 cm³/mol. The van der Waals surface area contributed by atoms with Crippen LogP contribution in [0.3, 0.4) is 0 Å². The lowest BCUT2D eigenvalue weighted by Gasteiger charge is -2.12. The third-order valence-electron chi connectivity index (χ3n) is 4.81. The molecule has 0 spiro atoms. The summed E-state index contributed by atoms with van der Waals surface area (Å²) in [5.74, 6) is 1.18. The fourth-order valence-corrected chi connectivity index (χ4v) is 4.27. The molecule has 0 saturated carbocycles. The molecule has 0 unspecified atom stereocenters. The van der Waals surface area contributed by atoms with Crippen LogP contribution in [0.25, 0.3) is 31.7 Å². The van der Waals surface area contributed by atoms with Gasteiger partial charge in [0.15, 0.2) is 23.1 Å². The number of hydrogen-bond donors (Lipinski definition) is 0. The van der Waals surface area contributed by atoms with E-state index in [4.69, 9.17) is 14.2 Å². The van der Waals surface area contributed by atoms with Crippen molar-refractivity contribution >= 4 is 32.5 Å². The number of nitrogens with zero attached hydrogens (tertiary/aromatic N) is 2. The van der Waals surface area contributed by atoms with Gasteiger partial charge in [0.05, 0.1) is 30.0 Å². The lowest BCUT2D eigenvalue weighted by Crippen LogP contribution is -1.94. The van der Waals surface area contributed by atoms with E-state index >= 15 is 0 Å². The number of methoxy groups -OCH3 is 2. The number of halogens is 1. The van der Waals surface area contributed by atoms with Crippen molar-refractivity contribution in [1.29, 1.82) is 0 Å². The first-order valence-electron chi connectivity index (χ1n) is 9.42. The highest BCUT2D eigenvalue weighted by Crippen LogP contribution is 2.39. The van der Waals surface area contributed by atoms with E-state index in [0.717, 1.165) is 15.3 Å². The molecule has 5 nitrogen and oxygen atoms in total. The lowest BCUT2D eigenvalue weighted by atomic mass is 10.2. The molecule has 0 amide bonds. The van der Waals surface area contributed by atoms with Gasteiger partial charge in [0, 0.05) is 35.3 Å². The fourth-order valence-electron chi connectivity index (χ4n) is 3.30. The maximum absolute atomic E-state index is 14.9. The molecule has 2 aromatic heterocycles. The fraction of sp³-hybridized carbons (Fsp3) is 0.0833. The van der Waals surface area contributed by atoms with E-state index < -0.39 is 5.82 Å². The van der Waals surface area contributed by atoms with Crippen LogP contribution < -0.4 is 14.2 Å². The van der Waals surface area contributed by atoms with Gasteiger partial charge in [-0.2, -0.15) is 0 Å². The molecular weight excluding hydrogens is 415 g/mol. The SMILES string of the molecule is COc1cc2nccc(Oc3cc4sc(-c5[c]cccc5)nc4cc3F)c2cc1OC. The summed E-state index contributed by atoms with van der Waals surface area (Å²) in [5, 5.41) is 1.46. The molecule has 0 bridgehead atoms. The van der Waals surface area contributed by atoms with E-state index in [-0.39, 0.29) is 5.75 Å². The van der Waals surface area contributed by atoms with E-state index in [0.29, 0.717) is 33.7 Å². The van der Waals surface area contributed by atoms with Gasteiger partial charge in [-0.3, -0.25) is 4.98 Å². The molecule has 0 aliphatic carbocycles. The molecule has 5 aromatic rings. The second kappa shape index (κ2) is 7.85. The number of thiazole rings is 1. The van der Waals surface area contributed by atoms with Crippen molar-refractivity contribution in [1.82, 2.24) is 9.97 Å². The van der Waals surface area contributed by atoms with Crippen molar-refractivity contribution in [3.8, 4) is 33.6 Å². The van der Waals surface area contributed by atoms with Crippen LogP contribution in [0, 0.1) is 11.9 Å². The molecule has 0 aliphatic rings. The smallest absolute Gasteiger partial charge is 0.167 e. The Kier molecular flexibility index (Phi) is 4.88. The quantitative estimate of drug-likeness (QED) is 0.329. The standard InChI is InChI=1S/C24H16FN2O3S/c1-28-21-10-15-17(12-22(21)29-2)26-9-8-19(15)30-20-13-23-18(11-16(20)25)27-24(31-23)14-6-4-3-5-7-14/h3-6,8-13H,1-2H3. The molecule has 0 saturated heterocycles. The van der Waals surface area contributed by atoms with Crippen LogP contribution in [0.5, 0.6) is 23.0 Å². The summed E-state index contributed by atoms with van der Waals surface area (Å²) < 4.78 is 32.4. The summed E-state index contributed by atoms with van der Waals surface area (Å²) in [6, 6.07) is 19.0. The lowest BCUT2D eigenvalue weighted by molar-refractivity contribution is 0.355. The van der Waals surface area contributed by atoms with Gasteiger partial charge < -0.3 is 14.2 Å². The highest BCUT2D eigenvalue weighted by Gasteiger charge is 2.15. The van der Waals surface area contributed by atoms with Crippen molar-refractivity contribution in [2.24, 2.45) is 0 Å². The molecule has 0 aliphatic heterocycles. The van der Waals surface area contributed by atoms with Crippen molar-refractivity contribution < 1.29 is 18.6 Å². The average molecular weight is 431 g/mol. The average Bonchev–Trinajstić information content (AvgIpc) is 3.22. The molecule has 0 fully saturated rings. The number of fused-ring (bicyclic) bond motifs is 2. The maximum Gasteiger partial charge on any atom is 0.167 e. The van der Waals surface area contributed by atoms with Gasteiger partial charge in [0.2, 0.25) is 0 Å². The number of pyridine rings is 1. The Labute approximate surface area is 181 Å². The maximum atomic E-state index is 14.9. The minimum absolute atomic E-state index is 0.113. The number of rotatable bonds is 5. The normalized spacial score (nSPS) is 11.1. The molecular formula is C24H16FN2O3S. The third kappa shape index (κ3) is 3.53. The second-order valence-corrected chi connectivity index (χ2v) is 7.71. The zero-order valence-corrected chi connectivity index (χ0v) is 17.5. The Balaban J connectivity index is 1.57. The van der Waals surface area contributed by atoms with Crippen LogP contribution >= 0.6 is 11.3 Å². The highest BCUT2D eigenvalue weighted by molar-refractivity contribution is 7.21. The Hall–Kier alpha value is -3.71. The summed E-state index contributed by atoms with van der Waals surface area (Å²) >= 11 is 1.46. The van der Waals surface area contributed by atoms with Crippen LogP contribution in [0.15, 0.2) is 60.8 Å². The van der Waals surface area contributed by atoms with Crippen LogP contribution in [0.2, 0.25) is 0 Å². The molecule has 2 heterocycles. The van der Waals surface area contributed by atoms with Crippen LogP contribution in [0.4, 0.5) is 4.39 Å². The van der Waals surface area contributed by atoms with Crippen molar-refractivity contribution in [2.75, 3.05) is 14.2 Å². The minimum atomic E-state index is -0.494. The largest absolute Gasteiger partial charge is 0.493 e. The van der Waals surface area contributed by atoms with Gasteiger partial charge in [-0.1, -0.05) is 24.3 Å². The van der Waals surface area contributed by atoms with E-state index in [1.807, 2.05) is 24.3 Å². The Morgan fingerprint density at radius 1 is 0.903 bits per heavy atom. The van der Waals surface area contributed by atoms with Crippen molar-refractivity contribution in [2.45, 2.75) is 0 Å². The second-order valence-electron chi connectivity index (χ2n) is 6.68. The van der Waals surface area contributed by atoms with Gasteiger partial charge in [-0.25, -0.2) is 9.37 Å². The van der Waals surface area contributed by atoms with Crippen LogP contribution in [-0.4, -0.2) is 24.2 Å². The van der Waals surface area contributed by atoms with Crippen molar-refractivity contribution in [3.63, 3.8) is 0 Å². The van der Waals surface area contributed by atoms with E-state index in [2.05, 4.69) is 16.0 Å². The predicted octanol–water partition coefficient (Wildman–Crippen LogP) is 6.26. The zero-order chi connectivity index (χ0) is 21.4. The van der Waals surface area contributed by atoms with Crippen LogP contribution in [0.1, 0.15) is 0 Å². The molecule has 5 rings (SSSR count). The molecule has 3 aromatic carbocycles. The number of hydrogen-bond acceptors (Lipinski definition) is 6. The Morgan fingerprint density at radius 3 is 2.52 bits per heavy atom. The minimum Gasteiger partial charge on any atom is -0.493 e. The molecule has 7 heteroatoms. The number of ether oxygens (including phenoxy) is 3. The summed E-state index contributed by atoms with van der Waals surface area (Å²) in [6.45, 7) is 0. The van der Waals surface area contributed by atoms with Gasteiger partial charge in [-0.15, -0.1) is 11.3 Å². The van der Waals surface area contributed by atoms with Gasteiger partial charge in [-0.05, 0) is 18.2 Å². The van der Waals surface area contributed by atoms with Crippen LogP contribution in [-0.2, 0) is 0 Å². The zero-order valence-electron chi connectivity index (χ0n) is 16.7. The topological polar surface area (TPSA) is 53.5 Å². The van der Waals surface area contributed by atoms with Gasteiger partial charge >= 0.3 is 0 Å². The summed E-state index contributed by atoms with van der Waals surface area (Å²) in [5.41, 5.74) is 2.09. The summed E-state index contributed by atoms with van der Waals surface area (Å²) in [7, 11) is 3.12. The highest BCUT2D eigenvalue weighted by atomic mass is 32.1. The molecule has 31 heavy (non-hydrogen) atoms. The molecule has 0 N–H and O–H groups in total. The summed E-state index contributed by atoms with van der Waals surface area (Å²) in [4.78, 5) is 8.89. The molecule has 0 atom stereocenters. The molecule has 153 valence electrons. The molecule has 1 radical (unpaired) electrons. The first-order chi connectivity index (χ1) is 15.2. The van der Waals surface area contributed by atoms with Crippen molar-refractivity contribution in [3.05, 3.63) is 72.7 Å². The summed E-state index contributed by atoms with van der Waals surface area (Å²) in [6.07, 6.45) is 1.61. The first-order valence-corrected chi connectivity index (χ1v) is 10.2. The van der Waals surface area contributed by atoms with Gasteiger partial charge in [0.25, 0.3) is 0 Å². The number of benzene rings is 3.